The summed E-state index contributed by atoms with van der Waals surface area (Å²) in [6, 6.07) is 0. The number of rotatable bonds is 5. The molecule has 2 N–H and O–H groups in total. The Morgan fingerprint density at radius 1 is 1.13 bits per heavy atom. The molecule has 1 saturated heterocycles. The molecule has 31 heavy (non-hydrogen) atoms. The molecule has 0 spiro atoms. The van der Waals surface area contributed by atoms with Gasteiger partial charge in [0, 0.05) is 26.1 Å². The lowest BCUT2D eigenvalue weighted by Crippen LogP contribution is -2.57. The minimum atomic E-state index is -0.115. The molecule has 4 aliphatic carbocycles. The predicted octanol–water partition coefficient (Wildman–Crippen LogP) is 3.66. The molecule has 0 radical (unpaired) electrons. The molecule has 0 aromatic rings. The van der Waals surface area contributed by atoms with Crippen molar-refractivity contribution in [1.29, 1.82) is 0 Å². The van der Waals surface area contributed by atoms with Crippen LogP contribution in [0.2, 0.25) is 0 Å². The van der Waals surface area contributed by atoms with E-state index in [-0.39, 0.29) is 22.9 Å². The van der Waals surface area contributed by atoms with Crippen molar-refractivity contribution < 1.29 is 14.6 Å². The standard InChI is InChI=1S/C26H44N2O3/c1-17-13-27-28(14-17)15-24(30)23-7-6-21-20-5-4-18-12-19(29)8-11-26(18,16-31-3)22(20)9-10-25(21,23)2/h17-23,27,29H,4-16H2,1-3H3/t17?,18-,19+,20-,21-,22?,23+,25-,26+/m0/s1. The lowest BCUT2D eigenvalue weighted by atomic mass is 9.44. The zero-order valence-electron chi connectivity index (χ0n) is 19.9. The summed E-state index contributed by atoms with van der Waals surface area (Å²) in [7, 11) is 1.87. The lowest BCUT2D eigenvalue weighted by molar-refractivity contribution is -0.161. The molecule has 176 valence electrons. The van der Waals surface area contributed by atoms with E-state index in [2.05, 4.69) is 24.3 Å². The molecule has 0 bridgehead atoms. The van der Waals surface area contributed by atoms with Gasteiger partial charge in [0.15, 0.2) is 5.78 Å². The number of fused-ring (bicyclic) bond motifs is 5. The summed E-state index contributed by atoms with van der Waals surface area (Å²) in [4.78, 5) is 13.4. The number of ether oxygens (including phenoxy) is 1. The van der Waals surface area contributed by atoms with Gasteiger partial charge < -0.3 is 9.84 Å². The van der Waals surface area contributed by atoms with Crippen molar-refractivity contribution in [2.75, 3.05) is 33.4 Å². The largest absolute Gasteiger partial charge is 0.393 e. The number of methoxy groups -OCH3 is 1. The minimum Gasteiger partial charge on any atom is -0.393 e. The smallest absolute Gasteiger partial charge is 0.151 e. The van der Waals surface area contributed by atoms with E-state index in [0.29, 0.717) is 36.0 Å². The Labute approximate surface area is 188 Å². The first-order valence-electron chi connectivity index (χ1n) is 13.1. The second kappa shape index (κ2) is 8.38. The van der Waals surface area contributed by atoms with E-state index in [1.807, 2.05) is 7.11 Å². The number of nitrogens with zero attached hydrogens (tertiary/aromatic N) is 1. The van der Waals surface area contributed by atoms with Gasteiger partial charge in [0.1, 0.15) is 0 Å². The Bertz CT molecular complexity index is 686. The molecule has 5 nitrogen and oxygen atoms in total. The zero-order chi connectivity index (χ0) is 21.8. The highest BCUT2D eigenvalue weighted by molar-refractivity contribution is 5.84. The summed E-state index contributed by atoms with van der Waals surface area (Å²) in [5, 5.41) is 12.5. The highest BCUT2D eigenvalue weighted by atomic mass is 16.5. The van der Waals surface area contributed by atoms with E-state index in [4.69, 9.17) is 4.74 Å². The molecular formula is C26H44N2O3. The van der Waals surface area contributed by atoms with Crippen LogP contribution in [0.4, 0.5) is 0 Å². The fourth-order valence-corrected chi connectivity index (χ4v) is 9.32. The Kier molecular flexibility index (Phi) is 6.03. The second-order valence-electron chi connectivity index (χ2n) is 12.2. The van der Waals surface area contributed by atoms with Gasteiger partial charge >= 0.3 is 0 Å². The molecule has 4 saturated carbocycles. The number of aliphatic hydroxyl groups is 1. The summed E-state index contributed by atoms with van der Waals surface area (Å²) >= 11 is 0. The molecule has 5 rings (SSSR count). The van der Waals surface area contributed by atoms with Crippen LogP contribution in [0.25, 0.3) is 0 Å². The normalized spacial score (nSPS) is 50.0. The highest BCUT2D eigenvalue weighted by Crippen LogP contribution is 2.67. The van der Waals surface area contributed by atoms with Crippen molar-refractivity contribution >= 4 is 5.78 Å². The molecule has 1 heterocycles. The van der Waals surface area contributed by atoms with Crippen molar-refractivity contribution in [2.45, 2.75) is 77.7 Å². The average Bonchev–Trinajstić information content (AvgIpc) is 3.30. The van der Waals surface area contributed by atoms with Gasteiger partial charge in [-0.2, -0.15) is 0 Å². The van der Waals surface area contributed by atoms with Crippen LogP contribution in [-0.2, 0) is 9.53 Å². The molecule has 0 aromatic heterocycles. The number of aliphatic hydroxyl groups excluding tert-OH is 1. The molecule has 5 aliphatic rings. The monoisotopic (exact) mass is 432 g/mol. The topological polar surface area (TPSA) is 61.8 Å². The van der Waals surface area contributed by atoms with Gasteiger partial charge in [0.2, 0.25) is 0 Å². The number of hydrogen-bond acceptors (Lipinski definition) is 5. The number of ketones is 1. The number of nitrogens with one attached hydrogen (secondary N) is 1. The predicted molar refractivity (Wildman–Crippen MR) is 121 cm³/mol. The van der Waals surface area contributed by atoms with Crippen LogP contribution >= 0.6 is 0 Å². The fourth-order valence-electron chi connectivity index (χ4n) is 9.32. The van der Waals surface area contributed by atoms with Crippen molar-refractivity contribution in [3.05, 3.63) is 0 Å². The van der Waals surface area contributed by atoms with Crippen LogP contribution in [-0.4, -0.2) is 55.4 Å². The first-order valence-corrected chi connectivity index (χ1v) is 13.1. The van der Waals surface area contributed by atoms with Gasteiger partial charge in [-0.25, -0.2) is 5.01 Å². The van der Waals surface area contributed by atoms with Crippen LogP contribution < -0.4 is 5.43 Å². The highest BCUT2D eigenvalue weighted by Gasteiger charge is 2.62. The van der Waals surface area contributed by atoms with E-state index >= 15 is 0 Å². The van der Waals surface area contributed by atoms with Gasteiger partial charge in [-0.05, 0) is 98.2 Å². The van der Waals surface area contributed by atoms with E-state index in [0.717, 1.165) is 51.3 Å². The number of Topliss-reactive ketones (excluding diaryl/α,β-unsaturated/α-hetero) is 1. The van der Waals surface area contributed by atoms with Gasteiger partial charge in [0.25, 0.3) is 0 Å². The van der Waals surface area contributed by atoms with Crippen LogP contribution in [0, 0.1) is 46.3 Å². The van der Waals surface area contributed by atoms with Crippen LogP contribution in [0.15, 0.2) is 0 Å². The molecule has 2 unspecified atom stereocenters. The molecule has 5 heteroatoms. The zero-order valence-corrected chi connectivity index (χ0v) is 19.9. The summed E-state index contributed by atoms with van der Waals surface area (Å²) < 4.78 is 5.86. The van der Waals surface area contributed by atoms with Crippen molar-refractivity contribution in [2.24, 2.45) is 46.3 Å². The van der Waals surface area contributed by atoms with Crippen LogP contribution in [0.5, 0.6) is 0 Å². The number of carbonyl (C=O) groups excluding carboxylic acids is 1. The Balaban J connectivity index is 1.34. The van der Waals surface area contributed by atoms with Crippen molar-refractivity contribution in [1.82, 2.24) is 10.4 Å². The van der Waals surface area contributed by atoms with Gasteiger partial charge in [0.05, 0.1) is 19.3 Å². The number of hydrazine groups is 1. The number of carbonyl (C=O) groups is 1. The summed E-state index contributed by atoms with van der Waals surface area (Å²) in [5.74, 6) is 4.11. The third kappa shape index (κ3) is 3.62. The molecule has 5 fully saturated rings. The summed E-state index contributed by atoms with van der Waals surface area (Å²) in [6.07, 6.45) is 10.2. The second-order valence-corrected chi connectivity index (χ2v) is 12.2. The maximum Gasteiger partial charge on any atom is 0.151 e. The SMILES string of the molecule is COC[C@]12CC[C@@H](O)C[C@@H]1CC[C@@H]1C2CC[C@]2(C)[C@@H](C(=O)CN3CC(C)CN3)CC[C@@H]12. The van der Waals surface area contributed by atoms with Crippen molar-refractivity contribution in [3.63, 3.8) is 0 Å². The van der Waals surface area contributed by atoms with Crippen LogP contribution in [0.1, 0.15) is 71.6 Å². The van der Waals surface area contributed by atoms with E-state index in [1.165, 1.54) is 32.1 Å². The lowest BCUT2D eigenvalue weighted by Gasteiger charge is -2.61. The third-order valence-electron chi connectivity index (χ3n) is 10.7. The first-order chi connectivity index (χ1) is 14.9. The molecule has 0 amide bonds. The minimum absolute atomic E-state index is 0.115. The Hall–Kier alpha value is -0.490. The fraction of sp³-hybridized carbons (Fsp3) is 0.962. The van der Waals surface area contributed by atoms with Gasteiger partial charge in [-0.3, -0.25) is 10.2 Å². The Morgan fingerprint density at radius 3 is 2.71 bits per heavy atom. The molecule has 1 aliphatic heterocycles. The van der Waals surface area contributed by atoms with E-state index < -0.39 is 0 Å². The molecule has 9 atom stereocenters. The third-order valence-corrected chi connectivity index (χ3v) is 10.7. The van der Waals surface area contributed by atoms with E-state index in [1.54, 1.807) is 0 Å². The maximum atomic E-state index is 13.4. The Morgan fingerprint density at radius 2 is 1.97 bits per heavy atom. The average molecular weight is 433 g/mol. The van der Waals surface area contributed by atoms with Gasteiger partial charge in [-0.15, -0.1) is 0 Å². The maximum absolute atomic E-state index is 13.4. The van der Waals surface area contributed by atoms with Gasteiger partial charge in [-0.1, -0.05) is 13.8 Å². The summed E-state index contributed by atoms with van der Waals surface area (Å²) in [6.45, 7) is 8.15. The van der Waals surface area contributed by atoms with Crippen molar-refractivity contribution in [3.8, 4) is 0 Å². The molecule has 0 aromatic carbocycles. The van der Waals surface area contributed by atoms with E-state index in [9.17, 15) is 9.90 Å². The number of hydrogen-bond donors (Lipinski definition) is 2. The summed E-state index contributed by atoms with van der Waals surface area (Å²) in [5.41, 5.74) is 3.86. The molecular weight excluding hydrogens is 388 g/mol. The quantitative estimate of drug-likeness (QED) is 0.694. The first kappa shape index (κ1) is 22.3. The van der Waals surface area contributed by atoms with Crippen LogP contribution in [0.3, 0.4) is 0 Å².